The Balaban J connectivity index is 1.05. The first-order chi connectivity index (χ1) is 47.8. The number of carboxylic acid groups (broad SMARTS) is 1. The maximum absolute atomic E-state index is 14.8. The van der Waals surface area contributed by atoms with Crippen LogP contribution >= 0.6 is 11.3 Å². The smallest absolute Gasteiger partial charge is 0.408 e. The number of anilines is 1. The second-order valence-electron chi connectivity index (χ2n) is 26.2. The third-order valence-corrected chi connectivity index (χ3v) is 19.6. The number of nitrogens with one attached hydrogen (secondary N) is 6. The number of likely N-dealkylation sites (N-methyl/N-ethyl adjacent to an activating group) is 1. The molecule has 2 aromatic heterocycles. The van der Waals surface area contributed by atoms with Crippen molar-refractivity contribution in [3.63, 3.8) is 0 Å². The Bertz CT molecular complexity index is 3560. The molecule has 556 valence electrons. The number of nitrogens with zero attached hydrogens (tertiary/aromatic N) is 5. The van der Waals surface area contributed by atoms with E-state index in [9.17, 15) is 72.0 Å². The number of thiazole rings is 1. The Morgan fingerprint density at radius 3 is 2.17 bits per heavy atom. The zero-order valence-electron chi connectivity index (χ0n) is 58.8. The highest BCUT2D eigenvalue weighted by molar-refractivity contribution is 7.90. The summed E-state index contributed by atoms with van der Waals surface area (Å²) in [6, 6.07) is 11.1. The van der Waals surface area contributed by atoms with Crippen LogP contribution in [0.1, 0.15) is 139 Å². The van der Waals surface area contributed by atoms with Gasteiger partial charge in [-0.15, -0.1) is 11.3 Å². The summed E-state index contributed by atoms with van der Waals surface area (Å²) in [6.07, 6.45) is -4.20. The molecule has 0 unspecified atom stereocenters. The van der Waals surface area contributed by atoms with Gasteiger partial charge in [-0.1, -0.05) is 83.9 Å². The summed E-state index contributed by atoms with van der Waals surface area (Å²) in [7, 11) is 0.959. The van der Waals surface area contributed by atoms with Crippen molar-refractivity contribution in [1.82, 2.24) is 51.3 Å². The van der Waals surface area contributed by atoms with Gasteiger partial charge >= 0.3 is 12.1 Å². The minimum Gasteiger partial charge on any atom is -0.479 e. The molecular formula is C68H97N11O20S2. The topological polar surface area (TPSA) is 432 Å². The largest absolute Gasteiger partial charge is 0.479 e. The predicted molar refractivity (Wildman–Crippen MR) is 367 cm³/mol. The normalized spacial score (nSPS) is 19.8. The van der Waals surface area contributed by atoms with Crippen LogP contribution in [0.5, 0.6) is 5.75 Å². The van der Waals surface area contributed by atoms with Gasteiger partial charge in [0.05, 0.1) is 53.9 Å². The van der Waals surface area contributed by atoms with Gasteiger partial charge in [0.2, 0.25) is 56.7 Å². The molecule has 4 heterocycles. The van der Waals surface area contributed by atoms with E-state index in [0.717, 1.165) is 29.2 Å². The third-order valence-electron chi connectivity index (χ3n) is 17.8. The molecule has 6 rings (SSSR count). The molecule has 2 aliphatic rings. The molecule has 4 aromatic rings. The number of benzene rings is 2. The van der Waals surface area contributed by atoms with Gasteiger partial charge in [-0.2, -0.15) is 0 Å². The standard InChI is InChI=1S/C68H97N11O20S2/c1-12-39(4)53(48(95-9)34-51(82)79-30-19-22-46(79)57(96-10)40(5)59(86)75-45(61-71-29-31-100-61)32-41-20-15-13-16-21-41)78(8)62(88)52(38(2)3)76-65(91)68(6,7)77-67(92)97-37-42-24-25-47(98-64-56(85)54(83)55(84)58(99-64)63(89)90)44(33-42)74-50(81)26-28-69-49(80)23-17-14-18-27-70-60(87)43-35-72-66(73-36-43)101(11,93)94/h13,15-16,20-21,24-25,29,31,33,35-36,38-40,45-46,48,52-58,64,83-85H,12,14,17-19,22-23,26-28,30,32,34,37H2,1-11H3,(H,69,80)(H,70,87)(H,74,81)(H,75,86)(H,76,91)(H,77,92)(H,89,90)/t39-,40+,45-,46-,48+,52-,53-,54-,55-,56+,57+,58-,64+/m0/s1. The second-order valence-corrected chi connectivity index (χ2v) is 29.0. The summed E-state index contributed by atoms with van der Waals surface area (Å²) in [5.41, 5.74) is -0.540. The van der Waals surface area contributed by atoms with Gasteiger partial charge in [-0.3, -0.25) is 33.6 Å². The highest BCUT2D eigenvalue weighted by atomic mass is 32.2. The van der Waals surface area contributed by atoms with Gasteiger partial charge in [0.15, 0.2) is 6.10 Å². The number of unbranched alkanes of at least 4 members (excludes halogenated alkanes) is 2. The van der Waals surface area contributed by atoms with Crippen molar-refractivity contribution in [3.05, 3.63) is 94.2 Å². The summed E-state index contributed by atoms with van der Waals surface area (Å²) < 4.78 is 52.0. The number of aliphatic hydroxyl groups excluding tert-OH is 3. The first-order valence-electron chi connectivity index (χ1n) is 33.5. The van der Waals surface area contributed by atoms with Gasteiger partial charge in [0, 0.05) is 84.0 Å². The average molecular weight is 1450 g/mol. The van der Waals surface area contributed by atoms with E-state index < -0.39 is 142 Å². The van der Waals surface area contributed by atoms with Crippen LogP contribution in [0.15, 0.2) is 77.7 Å². The van der Waals surface area contributed by atoms with Crippen LogP contribution in [-0.4, -0.2) is 221 Å². The highest BCUT2D eigenvalue weighted by Gasteiger charge is 2.49. The van der Waals surface area contributed by atoms with Gasteiger partial charge in [0.1, 0.15) is 47.3 Å². The number of hydrogen-bond acceptors (Lipinski definition) is 23. The van der Waals surface area contributed by atoms with Gasteiger partial charge in [0.25, 0.3) is 5.91 Å². The van der Waals surface area contributed by atoms with Crippen LogP contribution in [0.3, 0.4) is 0 Å². The number of hydrogen-bond donors (Lipinski definition) is 10. The van der Waals surface area contributed by atoms with Crippen molar-refractivity contribution in [2.45, 2.75) is 197 Å². The number of methoxy groups -OCH3 is 2. The Labute approximate surface area is 591 Å². The molecule has 0 bridgehead atoms. The van der Waals surface area contributed by atoms with E-state index in [4.69, 9.17) is 23.7 Å². The lowest BCUT2D eigenvalue weighted by atomic mass is 9.89. The number of sulfone groups is 1. The van der Waals surface area contributed by atoms with E-state index in [-0.39, 0.29) is 78.6 Å². The third kappa shape index (κ3) is 23.1. The number of carbonyl (C=O) groups excluding carboxylic acids is 8. The molecule has 13 atom stereocenters. The predicted octanol–water partition coefficient (Wildman–Crippen LogP) is 3.21. The van der Waals surface area contributed by atoms with Crippen molar-refractivity contribution < 1.29 is 95.7 Å². The lowest BCUT2D eigenvalue weighted by Gasteiger charge is -2.41. The molecule has 33 heteroatoms. The molecule has 0 aliphatic carbocycles. The Kier molecular flexibility index (Phi) is 30.8. The minimum absolute atomic E-state index is 0.0680. The van der Waals surface area contributed by atoms with Crippen LogP contribution in [-0.2, 0) is 75.4 Å². The monoisotopic (exact) mass is 1450 g/mol. The van der Waals surface area contributed by atoms with E-state index in [0.29, 0.717) is 51.5 Å². The molecule has 0 radical (unpaired) electrons. The second kappa shape index (κ2) is 38.1. The molecule has 2 fully saturated rings. The van der Waals surface area contributed by atoms with Crippen LogP contribution < -0.4 is 36.6 Å². The lowest BCUT2D eigenvalue weighted by Crippen LogP contribution is -2.62. The lowest BCUT2D eigenvalue weighted by molar-refractivity contribution is -0.271. The minimum atomic E-state index is -3.64. The molecule has 2 aliphatic heterocycles. The Hall–Kier alpha value is -8.31. The van der Waals surface area contributed by atoms with Crippen molar-refractivity contribution in [1.29, 1.82) is 0 Å². The van der Waals surface area contributed by atoms with Crippen LogP contribution in [0.4, 0.5) is 10.5 Å². The number of rotatable bonds is 37. The maximum Gasteiger partial charge on any atom is 0.408 e. The fraction of sp³-hybridized carbons (Fsp3) is 0.588. The molecule has 31 nitrogen and oxygen atoms in total. The van der Waals surface area contributed by atoms with Crippen LogP contribution in [0.25, 0.3) is 0 Å². The Morgan fingerprint density at radius 2 is 1.54 bits per heavy atom. The fourth-order valence-corrected chi connectivity index (χ4v) is 13.1. The molecule has 101 heavy (non-hydrogen) atoms. The summed E-state index contributed by atoms with van der Waals surface area (Å²) in [4.78, 5) is 137. The first-order valence-corrected chi connectivity index (χ1v) is 36.3. The molecule has 2 saturated heterocycles. The number of ether oxygens (including phenoxy) is 5. The number of aliphatic hydroxyl groups is 3. The van der Waals surface area contributed by atoms with E-state index in [1.807, 2.05) is 49.6 Å². The van der Waals surface area contributed by atoms with E-state index in [1.54, 1.807) is 38.9 Å². The molecule has 8 amide bonds. The number of alkyl carbamates (subject to hydrolysis) is 1. The summed E-state index contributed by atoms with van der Waals surface area (Å²) in [5, 5.41) is 59.8. The molecular weight excluding hydrogens is 1350 g/mol. The number of likely N-dealkylation sites (tertiary alicyclic amines) is 1. The van der Waals surface area contributed by atoms with Crippen LogP contribution in [0, 0.1) is 17.8 Å². The fourth-order valence-electron chi connectivity index (χ4n) is 11.9. The summed E-state index contributed by atoms with van der Waals surface area (Å²) in [5.74, 6) is -6.61. The van der Waals surface area contributed by atoms with Gasteiger partial charge in [-0.05, 0) is 81.0 Å². The number of amides is 8. The summed E-state index contributed by atoms with van der Waals surface area (Å²) >= 11 is 1.45. The van der Waals surface area contributed by atoms with Crippen molar-refractivity contribution in [2.75, 3.05) is 52.5 Å². The number of aliphatic carboxylic acids is 1. The Morgan fingerprint density at radius 1 is 0.842 bits per heavy atom. The van der Waals surface area contributed by atoms with E-state index in [1.165, 1.54) is 62.5 Å². The average Bonchev–Trinajstić information content (AvgIpc) is 1.37. The highest BCUT2D eigenvalue weighted by Crippen LogP contribution is 2.34. The van der Waals surface area contributed by atoms with Crippen molar-refractivity contribution >= 4 is 80.3 Å². The van der Waals surface area contributed by atoms with Gasteiger partial charge in [-0.25, -0.2) is 33.0 Å². The molecule has 10 N–H and O–H groups in total. The molecule has 0 saturated carbocycles. The number of carbonyl (C=O) groups is 9. The van der Waals surface area contributed by atoms with Gasteiger partial charge < -0.3 is 85.8 Å². The van der Waals surface area contributed by atoms with E-state index in [2.05, 4.69) is 46.9 Å². The van der Waals surface area contributed by atoms with Crippen molar-refractivity contribution in [3.8, 4) is 5.75 Å². The SMILES string of the molecule is CC[C@H](C)[C@@H]([C@@H](CC(=O)N1CCC[C@H]1[C@H](OC)[C@@H](C)C(=O)N[C@@H](Cc1ccccc1)c1nccs1)OC)N(C)C(=O)[C@@H](NC(=O)C(C)(C)NC(=O)OCc1ccc(O[C@@H]2O[C@H](C(=O)O)[C@@H](O)[C@H](O)[C@H]2O)c(NC(=O)CCNC(=O)CCCCCNC(=O)c2cnc(S(C)(=O)=O)nc2)c1)C(C)C. The zero-order valence-corrected chi connectivity index (χ0v) is 60.4. The molecule has 0 spiro atoms. The van der Waals surface area contributed by atoms with Crippen molar-refractivity contribution in [2.24, 2.45) is 17.8 Å². The quantitative estimate of drug-likeness (QED) is 0.0229. The number of carboxylic acids is 1. The van der Waals surface area contributed by atoms with Crippen LogP contribution in [0.2, 0.25) is 0 Å². The molecule has 2 aromatic carbocycles. The zero-order chi connectivity index (χ0) is 74.5. The number of aromatic nitrogens is 3. The maximum atomic E-state index is 14.8. The summed E-state index contributed by atoms with van der Waals surface area (Å²) in [6.45, 7) is 12.0. The van der Waals surface area contributed by atoms with E-state index >= 15 is 0 Å². The first kappa shape index (κ1) is 81.7.